The van der Waals surface area contributed by atoms with E-state index in [-0.39, 0.29) is 22.8 Å². The van der Waals surface area contributed by atoms with E-state index in [9.17, 15) is 4.79 Å². The number of ether oxygens (including phenoxy) is 2. The summed E-state index contributed by atoms with van der Waals surface area (Å²) < 4.78 is 11.7. The molecule has 0 saturated heterocycles. The number of carboxylic acid groups (broad SMARTS) is 1. The smallest absolute Gasteiger partial charge is 0.404 e. The first kappa shape index (κ1) is 21.9. The van der Waals surface area contributed by atoms with Gasteiger partial charge in [-0.15, -0.1) is 0 Å². The maximum Gasteiger partial charge on any atom is 0.404 e. The lowest BCUT2D eigenvalue weighted by atomic mass is 9.78. The Labute approximate surface area is 191 Å². The van der Waals surface area contributed by atoms with Crippen LogP contribution >= 0.6 is 11.6 Å². The topological polar surface area (TPSA) is 93.6 Å². The van der Waals surface area contributed by atoms with Crippen molar-refractivity contribution in [1.29, 1.82) is 0 Å². The van der Waals surface area contributed by atoms with Crippen molar-refractivity contribution >= 4 is 17.7 Å². The molecule has 1 fully saturated rings. The van der Waals surface area contributed by atoms with Crippen molar-refractivity contribution in [3.8, 4) is 17.2 Å². The van der Waals surface area contributed by atoms with Crippen molar-refractivity contribution in [1.82, 2.24) is 15.3 Å². The van der Waals surface area contributed by atoms with Gasteiger partial charge in [-0.2, -0.15) is 0 Å². The number of hydrogen-bond acceptors (Lipinski definition) is 5. The van der Waals surface area contributed by atoms with E-state index in [2.05, 4.69) is 41.3 Å². The van der Waals surface area contributed by atoms with Crippen LogP contribution in [0.15, 0.2) is 60.9 Å². The van der Waals surface area contributed by atoms with Gasteiger partial charge in [0.05, 0.1) is 12.4 Å². The molecule has 0 bridgehead atoms. The Balaban J connectivity index is 1.37. The van der Waals surface area contributed by atoms with Gasteiger partial charge in [0.15, 0.2) is 5.75 Å². The number of aromatic nitrogens is 2. The molecule has 0 spiro atoms. The first-order chi connectivity index (χ1) is 15.3. The SMILES string of the molecule is CC(C)(c1ccc(Oc2cnc(Cl)nc2)cc1)c1ccc(OC2CC(NC(=O)O)C2)cc1. The van der Waals surface area contributed by atoms with Gasteiger partial charge in [-0.25, -0.2) is 14.8 Å². The Kier molecular flexibility index (Phi) is 6.19. The molecule has 8 heteroatoms. The summed E-state index contributed by atoms with van der Waals surface area (Å²) in [5, 5.41) is 11.4. The number of rotatable bonds is 7. The van der Waals surface area contributed by atoms with Gasteiger partial charge in [0.25, 0.3) is 0 Å². The molecular formula is C24H24ClN3O4. The van der Waals surface area contributed by atoms with Gasteiger partial charge in [0.1, 0.15) is 17.6 Å². The largest absolute Gasteiger partial charge is 0.490 e. The van der Waals surface area contributed by atoms with Gasteiger partial charge in [0, 0.05) is 24.3 Å². The molecule has 0 unspecified atom stereocenters. The third kappa shape index (κ3) is 5.11. The van der Waals surface area contributed by atoms with Gasteiger partial charge in [-0.3, -0.25) is 0 Å². The molecule has 2 aromatic carbocycles. The second-order valence-corrected chi connectivity index (χ2v) is 8.66. The molecule has 32 heavy (non-hydrogen) atoms. The molecular weight excluding hydrogens is 430 g/mol. The number of benzene rings is 2. The average molecular weight is 454 g/mol. The molecule has 0 aliphatic heterocycles. The minimum absolute atomic E-state index is 0.0186. The molecule has 7 nitrogen and oxygen atoms in total. The molecule has 3 aromatic rings. The van der Waals surface area contributed by atoms with E-state index in [1.165, 1.54) is 12.4 Å². The van der Waals surface area contributed by atoms with Crippen molar-refractivity contribution in [3.05, 3.63) is 77.3 Å². The van der Waals surface area contributed by atoms with Crippen molar-refractivity contribution in [3.63, 3.8) is 0 Å². The van der Waals surface area contributed by atoms with Crippen LogP contribution in [-0.2, 0) is 5.41 Å². The summed E-state index contributed by atoms with van der Waals surface area (Å²) in [6.45, 7) is 4.33. The van der Waals surface area contributed by atoms with E-state index in [4.69, 9.17) is 26.2 Å². The molecule has 4 rings (SSSR count). The molecule has 1 heterocycles. The van der Waals surface area contributed by atoms with Gasteiger partial charge in [0.2, 0.25) is 5.28 Å². The van der Waals surface area contributed by atoms with E-state index in [0.29, 0.717) is 24.3 Å². The van der Waals surface area contributed by atoms with Crippen LogP contribution in [0.4, 0.5) is 4.79 Å². The van der Waals surface area contributed by atoms with Crippen LogP contribution in [0.3, 0.4) is 0 Å². The molecule has 1 aliphatic rings. The predicted octanol–water partition coefficient (Wildman–Crippen LogP) is 5.43. The fraction of sp³-hybridized carbons (Fsp3) is 0.292. The average Bonchev–Trinajstić information content (AvgIpc) is 2.74. The Bertz CT molecular complexity index is 1060. The standard InChI is InChI=1S/C24H24ClN3O4/c1-24(2,16-5-9-19(10-6-16)32-21-13-26-22(25)27-14-21)15-3-7-18(8-4-15)31-20-11-17(12-20)28-23(29)30/h3-10,13-14,17,20,28H,11-12H2,1-2H3,(H,29,30). The fourth-order valence-corrected chi connectivity index (χ4v) is 3.79. The van der Waals surface area contributed by atoms with Gasteiger partial charge in [-0.1, -0.05) is 38.1 Å². The summed E-state index contributed by atoms with van der Waals surface area (Å²) in [7, 11) is 0. The summed E-state index contributed by atoms with van der Waals surface area (Å²) >= 11 is 5.70. The van der Waals surface area contributed by atoms with Crippen molar-refractivity contribution < 1.29 is 19.4 Å². The van der Waals surface area contributed by atoms with Crippen molar-refractivity contribution in [2.75, 3.05) is 0 Å². The predicted molar refractivity (Wildman–Crippen MR) is 121 cm³/mol. The summed E-state index contributed by atoms with van der Waals surface area (Å²) in [6.07, 6.45) is 3.50. The van der Waals surface area contributed by atoms with E-state index < -0.39 is 6.09 Å². The van der Waals surface area contributed by atoms with Gasteiger partial charge < -0.3 is 19.9 Å². The second kappa shape index (κ2) is 9.04. The van der Waals surface area contributed by atoms with Crippen LogP contribution < -0.4 is 14.8 Å². The zero-order valence-electron chi connectivity index (χ0n) is 17.8. The number of hydrogen-bond donors (Lipinski definition) is 2. The highest BCUT2D eigenvalue weighted by atomic mass is 35.5. The lowest BCUT2D eigenvalue weighted by molar-refractivity contribution is 0.0833. The maximum absolute atomic E-state index is 10.7. The highest BCUT2D eigenvalue weighted by Crippen LogP contribution is 2.34. The van der Waals surface area contributed by atoms with E-state index in [1.54, 1.807) is 0 Å². The molecule has 1 amide bonds. The number of nitrogens with zero attached hydrogens (tertiary/aromatic N) is 2. The molecule has 1 aromatic heterocycles. The summed E-state index contributed by atoms with van der Waals surface area (Å²) in [6, 6.07) is 16.0. The molecule has 2 N–H and O–H groups in total. The van der Waals surface area contributed by atoms with E-state index in [1.807, 2.05) is 36.4 Å². The second-order valence-electron chi connectivity index (χ2n) is 8.32. The normalized spacial score (nSPS) is 17.8. The highest BCUT2D eigenvalue weighted by Gasteiger charge is 2.32. The van der Waals surface area contributed by atoms with Crippen LogP contribution in [0, 0.1) is 0 Å². The van der Waals surface area contributed by atoms with Gasteiger partial charge in [-0.05, 0) is 47.0 Å². The van der Waals surface area contributed by atoms with E-state index in [0.717, 1.165) is 16.9 Å². The first-order valence-corrected chi connectivity index (χ1v) is 10.7. The van der Waals surface area contributed by atoms with Crippen LogP contribution in [-0.4, -0.2) is 33.3 Å². The molecule has 0 radical (unpaired) electrons. The summed E-state index contributed by atoms with van der Waals surface area (Å²) in [5.74, 6) is 2.00. The zero-order chi connectivity index (χ0) is 22.7. The van der Waals surface area contributed by atoms with Crippen molar-refractivity contribution in [2.24, 2.45) is 0 Å². The molecule has 166 valence electrons. The molecule has 0 atom stereocenters. The number of carbonyl (C=O) groups is 1. The lowest BCUT2D eigenvalue weighted by Gasteiger charge is -2.35. The third-order valence-corrected chi connectivity index (χ3v) is 5.90. The highest BCUT2D eigenvalue weighted by molar-refractivity contribution is 6.28. The number of halogens is 1. The summed E-state index contributed by atoms with van der Waals surface area (Å²) in [5.41, 5.74) is 2.09. The number of nitrogens with one attached hydrogen (secondary N) is 1. The Morgan fingerprint density at radius 2 is 1.50 bits per heavy atom. The third-order valence-electron chi connectivity index (χ3n) is 5.71. The van der Waals surface area contributed by atoms with Crippen LogP contribution in [0.5, 0.6) is 17.2 Å². The van der Waals surface area contributed by atoms with E-state index >= 15 is 0 Å². The Morgan fingerprint density at radius 3 is 2.03 bits per heavy atom. The fourth-order valence-electron chi connectivity index (χ4n) is 3.69. The first-order valence-electron chi connectivity index (χ1n) is 10.3. The minimum Gasteiger partial charge on any atom is -0.490 e. The van der Waals surface area contributed by atoms with Crippen LogP contribution in [0.1, 0.15) is 37.8 Å². The maximum atomic E-state index is 10.7. The molecule has 1 saturated carbocycles. The Morgan fingerprint density at radius 1 is 0.969 bits per heavy atom. The lowest BCUT2D eigenvalue weighted by Crippen LogP contribution is -2.48. The monoisotopic (exact) mass is 453 g/mol. The van der Waals surface area contributed by atoms with Crippen LogP contribution in [0.2, 0.25) is 5.28 Å². The molecule has 1 aliphatic carbocycles. The van der Waals surface area contributed by atoms with Crippen LogP contribution in [0.25, 0.3) is 0 Å². The quantitative estimate of drug-likeness (QED) is 0.463. The number of amides is 1. The summed E-state index contributed by atoms with van der Waals surface area (Å²) in [4.78, 5) is 18.5. The Hall–Kier alpha value is -3.32. The van der Waals surface area contributed by atoms with Gasteiger partial charge >= 0.3 is 6.09 Å². The minimum atomic E-state index is -0.987. The zero-order valence-corrected chi connectivity index (χ0v) is 18.5. The van der Waals surface area contributed by atoms with Crippen molar-refractivity contribution in [2.45, 2.75) is 44.2 Å².